The summed E-state index contributed by atoms with van der Waals surface area (Å²) >= 11 is 0. The maximum absolute atomic E-state index is 4.74. The van der Waals surface area contributed by atoms with Crippen LogP contribution in [0.4, 0.5) is 5.95 Å². The van der Waals surface area contributed by atoms with E-state index in [0.717, 1.165) is 37.0 Å². The second kappa shape index (κ2) is 6.33. The van der Waals surface area contributed by atoms with Crippen LogP contribution in [0.3, 0.4) is 0 Å². The van der Waals surface area contributed by atoms with E-state index in [1.165, 1.54) is 12.8 Å². The number of nitrogens with zero attached hydrogens (tertiary/aromatic N) is 3. The van der Waals surface area contributed by atoms with E-state index < -0.39 is 0 Å². The van der Waals surface area contributed by atoms with E-state index in [-0.39, 0.29) is 0 Å². The minimum atomic E-state index is 0.454. The summed E-state index contributed by atoms with van der Waals surface area (Å²) in [5.74, 6) is 1.36. The molecule has 2 rings (SSSR count). The van der Waals surface area contributed by atoms with Gasteiger partial charge in [0.2, 0.25) is 5.95 Å². The number of piperidine rings is 1. The van der Waals surface area contributed by atoms with Gasteiger partial charge in [-0.1, -0.05) is 20.8 Å². The van der Waals surface area contributed by atoms with E-state index in [9.17, 15) is 0 Å². The third-order valence-electron chi connectivity index (χ3n) is 3.65. The average molecular weight is 262 g/mol. The van der Waals surface area contributed by atoms with E-state index >= 15 is 0 Å². The smallest absolute Gasteiger partial charge is 0.225 e. The zero-order chi connectivity index (χ0) is 13.8. The van der Waals surface area contributed by atoms with Crippen LogP contribution >= 0.6 is 0 Å². The van der Waals surface area contributed by atoms with Crippen LogP contribution in [0.2, 0.25) is 0 Å². The molecule has 0 aliphatic carbocycles. The largest absolute Gasteiger partial charge is 0.339 e. The number of aromatic nitrogens is 2. The number of hydrogen-bond donors (Lipinski definition) is 1. The van der Waals surface area contributed by atoms with Crippen molar-refractivity contribution in [2.24, 2.45) is 0 Å². The highest BCUT2D eigenvalue weighted by Crippen LogP contribution is 2.20. The lowest BCUT2D eigenvalue weighted by Gasteiger charge is -2.33. The van der Waals surface area contributed by atoms with Gasteiger partial charge in [-0.15, -0.1) is 0 Å². The fourth-order valence-corrected chi connectivity index (χ4v) is 2.63. The number of aryl methyl sites for hydroxylation is 1. The standard InChI is InChI=1S/C15H26N4/c1-5-16-13-7-6-8-19(10-13)15-17-12(4)9-14(18-15)11(2)3/h9,11,13,16H,5-8,10H2,1-4H3. The summed E-state index contributed by atoms with van der Waals surface area (Å²) in [6.45, 7) is 11.7. The summed E-state index contributed by atoms with van der Waals surface area (Å²) < 4.78 is 0. The van der Waals surface area contributed by atoms with Gasteiger partial charge >= 0.3 is 0 Å². The molecule has 0 aromatic carbocycles. The van der Waals surface area contributed by atoms with Gasteiger partial charge in [0.05, 0.1) is 0 Å². The van der Waals surface area contributed by atoms with Gasteiger partial charge in [0, 0.05) is 30.5 Å². The number of hydrogen-bond acceptors (Lipinski definition) is 4. The number of nitrogens with one attached hydrogen (secondary N) is 1. The maximum atomic E-state index is 4.74. The van der Waals surface area contributed by atoms with Crippen molar-refractivity contribution in [1.29, 1.82) is 0 Å². The second-order valence-corrected chi connectivity index (χ2v) is 5.73. The zero-order valence-corrected chi connectivity index (χ0v) is 12.6. The van der Waals surface area contributed by atoms with Crippen molar-refractivity contribution in [3.05, 3.63) is 17.5 Å². The molecule has 1 aromatic heterocycles. The molecule has 1 aliphatic heterocycles. The Morgan fingerprint density at radius 2 is 2.21 bits per heavy atom. The summed E-state index contributed by atoms with van der Waals surface area (Å²) in [5.41, 5.74) is 2.22. The molecule has 1 aliphatic rings. The van der Waals surface area contributed by atoms with E-state index in [0.29, 0.717) is 12.0 Å². The van der Waals surface area contributed by atoms with Gasteiger partial charge in [-0.2, -0.15) is 0 Å². The summed E-state index contributed by atoms with van der Waals surface area (Å²) in [6.07, 6.45) is 2.47. The summed E-state index contributed by atoms with van der Waals surface area (Å²) in [7, 11) is 0. The van der Waals surface area contributed by atoms with Crippen LogP contribution in [-0.2, 0) is 0 Å². The van der Waals surface area contributed by atoms with Crippen LogP contribution in [-0.4, -0.2) is 35.6 Å². The third-order valence-corrected chi connectivity index (χ3v) is 3.65. The van der Waals surface area contributed by atoms with Crippen LogP contribution in [0, 0.1) is 6.92 Å². The zero-order valence-electron chi connectivity index (χ0n) is 12.6. The molecule has 106 valence electrons. The highest BCUT2D eigenvalue weighted by molar-refractivity contribution is 5.34. The first-order valence-electron chi connectivity index (χ1n) is 7.44. The molecule has 0 spiro atoms. The molecular weight excluding hydrogens is 236 g/mol. The van der Waals surface area contributed by atoms with E-state index in [2.05, 4.69) is 49.0 Å². The topological polar surface area (TPSA) is 41.0 Å². The molecule has 1 N–H and O–H groups in total. The van der Waals surface area contributed by atoms with Gasteiger partial charge < -0.3 is 10.2 Å². The van der Waals surface area contributed by atoms with Crippen molar-refractivity contribution in [3.63, 3.8) is 0 Å². The predicted octanol–water partition coefficient (Wildman–Crippen LogP) is 2.49. The quantitative estimate of drug-likeness (QED) is 0.905. The Kier molecular flexibility index (Phi) is 4.75. The fourth-order valence-electron chi connectivity index (χ4n) is 2.63. The van der Waals surface area contributed by atoms with Gasteiger partial charge in [-0.05, 0) is 38.3 Å². The first-order valence-corrected chi connectivity index (χ1v) is 7.44. The molecule has 1 unspecified atom stereocenters. The van der Waals surface area contributed by atoms with Crippen molar-refractivity contribution < 1.29 is 0 Å². The van der Waals surface area contributed by atoms with Crippen molar-refractivity contribution in [2.75, 3.05) is 24.5 Å². The van der Waals surface area contributed by atoms with E-state index in [1.54, 1.807) is 0 Å². The lowest BCUT2D eigenvalue weighted by molar-refractivity contribution is 0.427. The molecule has 0 bridgehead atoms. The Bertz CT molecular complexity index is 415. The number of rotatable bonds is 4. The third kappa shape index (κ3) is 3.66. The Morgan fingerprint density at radius 3 is 2.89 bits per heavy atom. The van der Waals surface area contributed by atoms with Crippen LogP contribution in [0.1, 0.15) is 50.9 Å². The molecule has 0 saturated carbocycles. The molecule has 1 atom stereocenters. The van der Waals surface area contributed by atoms with E-state index in [1.807, 2.05) is 0 Å². The van der Waals surface area contributed by atoms with Gasteiger partial charge in [0.15, 0.2) is 0 Å². The number of likely N-dealkylation sites (N-methyl/N-ethyl adjacent to an activating group) is 1. The predicted molar refractivity (Wildman–Crippen MR) is 79.8 cm³/mol. The first-order chi connectivity index (χ1) is 9.10. The second-order valence-electron chi connectivity index (χ2n) is 5.73. The van der Waals surface area contributed by atoms with Gasteiger partial charge in [-0.25, -0.2) is 9.97 Å². The van der Waals surface area contributed by atoms with Gasteiger partial charge in [-0.3, -0.25) is 0 Å². The van der Waals surface area contributed by atoms with Crippen molar-refractivity contribution in [2.45, 2.75) is 52.5 Å². The molecule has 0 radical (unpaired) electrons. The maximum Gasteiger partial charge on any atom is 0.225 e. The van der Waals surface area contributed by atoms with Crippen molar-refractivity contribution >= 4 is 5.95 Å². The molecule has 4 heteroatoms. The van der Waals surface area contributed by atoms with Crippen LogP contribution in [0.5, 0.6) is 0 Å². The fraction of sp³-hybridized carbons (Fsp3) is 0.733. The van der Waals surface area contributed by atoms with Crippen LogP contribution < -0.4 is 10.2 Å². The monoisotopic (exact) mass is 262 g/mol. The molecule has 2 heterocycles. The lowest BCUT2D eigenvalue weighted by atomic mass is 10.1. The van der Waals surface area contributed by atoms with Gasteiger partial charge in [0.25, 0.3) is 0 Å². The Morgan fingerprint density at radius 1 is 1.42 bits per heavy atom. The molecule has 4 nitrogen and oxygen atoms in total. The van der Waals surface area contributed by atoms with E-state index in [4.69, 9.17) is 4.98 Å². The molecule has 1 fully saturated rings. The normalized spacial score (nSPS) is 20.1. The van der Waals surface area contributed by atoms with Crippen LogP contribution in [0.25, 0.3) is 0 Å². The molecule has 0 amide bonds. The minimum Gasteiger partial charge on any atom is -0.339 e. The Balaban J connectivity index is 2.16. The van der Waals surface area contributed by atoms with Gasteiger partial charge in [0.1, 0.15) is 0 Å². The van der Waals surface area contributed by atoms with Crippen molar-refractivity contribution in [1.82, 2.24) is 15.3 Å². The Labute approximate surface area is 116 Å². The number of anilines is 1. The Hall–Kier alpha value is -1.16. The molecular formula is C15H26N4. The first kappa shape index (κ1) is 14.3. The minimum absolute atomic E-state index is 0.454. The molecule has 19 heavy (non-hydrogen) atoms. The molecule has 1 aromatic rings. The summed E-state index contributed by atoms with van der Waals surface area (Å²) in [5, 5.41) is 3.54. The SMILES string of the molecule is CCNC1CCCN(c2nc(C)cc(C(C)C)n2)C1. The van der Waals surface area contributed by atoms with Crippen molar-refractivity contribution in [3.8, 4) is 0 Å². The lowest BCUT2D eigenvalue weighted by Crippen LogP contribution is -2.46. The highest BCUT2D eigenvalue weighted by atomic mass is 15.3. The summed E-state index contributed by atoms with van der Waals surface area (Å²) in [4.78, 5) is 11.7. The highest BCUT2D eigenvalue weighted by Gasteiger charge is 2.21. The van der Waals surface area contributed by atoms with Crippen LogP contribution in [0.15, 0.2) is 6.07 Å². The summed E-state index contributed by atoms with van der Waals surface area (Å²) in [6, 6.07) is 2.67. The molecule has 1 saturated heterocycles. The average Bonchev–Trinajstić information content (AvgIpc) is 2.38.